The predicted octanol–water partition coefficient (Wildman–Crippen LogP) is 1.74. The van der Waals surface area contributed by atoms with Gasteiger partial charge in [-0.2, -0.15) is 0 Å². The molecule has 27 heavy (non-hydrogen) atoms. The fraction of sp³-hybridized carbons (Fsp3) is 0.300. The van der Waals surface area contributed by atoms with Crippen molar-refractivity contribution in [2.45, 2.75) is 25.3 Å². The summed E-state index contributed by atoms with van der Waals surface area (Å²) in [5.74, 6) is -1.82. The maximum atomic E-state index is 12.9. The molecule has 7 heteroatoms. The molecule has 0 aliphatic carbocycles. The van der Waals surface area contributed by atoms with Crippen LogP contribution in [0.2, 0.25) is 0 Å². The molecule has 2 N–H and O–H groups in total. The van der Waals surface area contributed by atoms with E-state index < -0.39 is 17.9 Å². The number of likely N-dealkylation sites (tertiary alicyclic amines) is 1. The third kappa shape index (κ3) is 4.69. The lowest BCUT2D eigenvalue weighted by atomic mass is 10.0. The van der Waals surface area contributed by atoms with Crippen LogP contribution in [0.5, 0.6) is 0 Å². The van der Waals surface area contributed by atoms with E-state index in [4.69, 9.17) is 5.11 Å². The number of hydrogen-bond donors (Lipinski definition) is 2. The van der Waals surface area contributed by atoms with Crippen LogP contribution in [0, 0.1) is 0 Å². The first kappa shape index (κ1) is 18.6. The van der Waals surface area contributed by atoms with Gasteiger partial charge in [-0.3, -0.25) is 9.59 Å². The molecule has 1 unspecified atom stereocenters. The summed E-state index contributed by atoms with van der Waals surface area (Å²) in [6.07, 6.45) is 3.57. The van der Waals surface area contributed by atoms with E-state index in [0.717, 1.165) is 18.4 Å². The van der Waals surface area contributed by atoms with Gasteiger partial charge >= 0.3 is 5.97 Å². The summed E-state index contributed by atoms with van der Waals surface area (Å²) < 4.78 is 0. The summed E-state index contributed by atoms with van der Waals surface area (Å²) in [4.78, 5) is 42.1. The van der Waals surface area contributed by atoms with Crippen molar-refractivity contribution < 1.29 is 19.5 Å². The molecule has 0 saturated carbocycles. The highest BCUT2D eigenvalue weighted by atomic mass is 16.4. The molecule has 0 radical (unpaired) electrons. The van der Waals surface area contributed by atoms with Crippen LogP contribution in [-0.2, 0) is 11.2 Å². The Labute approximate surface area is 157 Å². The molecule has 1 aliphatic rings. The van der Waals surface area contributed by atoms with E-state index in [0.29, 0.717) is 19.5 Å². The summed E-state index contributed by atoms with van der Waals surface area (Å²) in [6.45, 7) is 1.39. The third-order valence-electron chi connectivity index (χ3n) is 4.55. The number of aromatic nitrogens is 1. The number of benzene rings is 1. The van der Waals surface area contributed by atoms with Gasteiger partial charge in [0.05, 0.1) is 0 Å². The zero-order valence-corrected chi connectivity index (χ0v) is 14.8. The number of carboxylic acids is 1. The number of carbonyl (C=O) groups excluding carboxylic acids is 2. The molecule has 2 heterocycles. The first-order valence-electron chi connectivity index (χ1n) is 8.87. The summed E-state index contributed by atoms with van der Waals surface area (Å²) in [5, 5.41) is 11.8. The number of pyridine rings is 1. The second kappa shape index (κ2) is 8.44. The SMILES string of the molecule is O=C(NC(Cc1ccccc1)C(=O)N1CCCC1)c1ccnc(C(=O)O)c1. The van der Waals surface area contributed by atoms with E-state index in [1.807, 2.05) is 30.3 Å². The Bertz CT molecular complexity index is 832. The molecular weight excluding hydrogens is 346 g/mol. The Morgan fingerprint density at radius 2 is 1.81 bits per heavy atom. The predicted molar refractivity (Wildman–Crippen MR) is 98.4 cm³/mol. The molecule has 0 spiro atoms. The molecule has 3 rings (SSSR count). The molecule has 1 atom stereocenters. The Balaban J connectivity index is 1.79. The van der Waals surface area contributed by atoms with Gasteiger partial charge in [-0.05, 0) is 30.5 Å². The minimum Gasteiger partial charge on any atom is -0.477 e. The number of hydrogen-bond acceptors (Lipinski definition) is 4. The minimum atomic E-state index is -1.21. The van der Waals surface area contributed by atoms with E-state index >= 15 is 0 Å². The molecule has 1 saturated heterocycles. The lowest BCUT2D eigenvalue weighted by Gasteiger charge is -2.24. The van der Waals surface area contributed by atoms with Crippen LogP contribution in [0.3, 0.4) is 0 Å². The smallest absolute Gasteiger partial charge is 0.354 e. The zero-order chi connectivity index (χ0) is 19.2. The lowest BCUT2D eigenvalue weighted by Crippen LogP contribution is -2.49. The van der Waals surface area contributed by atoms with E-state index in [9.17, 15) is 14.4 Å². The second-order valence-electron chi connectivity index (χ2n) is 6.48. The summed E-state index contributed by atoms with van der Waals surface area (Å²) in [5.41, 5.74) is 0.888. The highest BCUT2D eigenvalue weighted by Crippen LogP contribution is 2.13. The van der Waals surface area contributed by atoms with Crippen molar-refractivity contribution in [2.75, 3.05) is 13.1 Å². The van der Waals surface area contributed by atoms with Crippen molar-refractivity contribution >= 4 is 17.8 Å². The van der Waals surface area contributed by atoms with Crippen LogP contribution in [0.25, 0.3) is 0 Å². The number of aromatic carboxylic acids is 1. The molecule has 2 amide bonds. The van der Waals surface area contributed by atoms with Crippen molar-refractivity contribution in [2.24, 2.45) is 0 Å². The van der Waals surface area contributed by atoms with Crippen molar-refractivity contribution in [1.29, 1.82) is 0 Å². The van der Waals surface area contributed by atoms with Crippen LogP contribution < -0.4 is 5.32 Å². The van der Waals surface area contributed by atoms with E-state index in [2.05, 4.69) is 10.3 Å². The van der Waals surface area contributed by atoms with Gasteiger partial charge in [0.2, 0.25) is 5.91 Å². The molecule has 0 bridgehead atoms. The maximum absolute atomic E-state index is 12.9. The van der Waals surface area contributed by atoms with Crippen molar-refractivity contribution in [3.63, 3.8) is 0 Å². The number of nitrogens with zero attached hydrogens (tertiary/aromatic N) is 2. The average Bonchev–Trinajstić information content (AvgIpc) is 3.22. The van der Waals surface area contributed by atoms with E-state index in [1.54, 1.807) is 4.90 Å². The van der Waals surface area contributed by atoms with Crippen molar-refractivity contribution in [3.8, 4) is 0 Å². The van der Waals surface area contributed by atoms with Crippen LogP contribution in [0.15, 0.2) is 48.7 Å². The van der Waals surface area contributed by atoms with Gasteiger partial charge in [0, 0.05) is 31.3 Å². The Kier molecular flexibility index (Phi) is 5.80. The van der Waals surface area contributed by atoms with Crippen LogP contribution >= 0.6 is 0 Å². The maximum Gasteiger partial charge on any atom is 0.354 e. The molecule has 7 nitrogen and oxygen atoms in total. The van der Waals surface area contributed by atoms with Gasteiger partial charge in [0.15, 0.2) is 0 Å². The summed E-state index contributed by atoms with van der Waals surface area (Å²) in [7, 11) is 0. The molecule has 1 aromatic carbocycles. The Morgan fingerprint density at radius 3 is 2.48 bits per heavy atom. The van der Waals surface area contributed by atoms with E-state index in [-0.39, 0.29) is 17.2 Å². The number of amides is 2. The van der Waals surface area contributed by atoms with Crippen LogP contribution in [-0.4, -0.2) is 51.9 Å². The van der Waals surface area contributed by atoms with Crippen LogP contribution in [0.1, 0.15) is 39.3 Å². The minimum absolute atomic E-state index is 0.114. The fourth-order valence-electron chi connectivity index (χ4n) is 3.14. The van der Waals surface area contributed by atoms with Gasteiger partial charge in [-0.1, -0.05) is 30.3 Å². The van der Waals surface area contributed by atoms with E-state index in [1.165, 1.54) is 18.3 Å². The highest BCUT2D eigenvalue weighted by molar-refractivity contribution is 5.99. The van der Waals surface area contributed by atoms with Gasteiger partial charge in [0.25, 0.3) is 5.91 Å². The highest BCUT2D eigenvalue weighted by Gasteiger charge is 2.28. The quantitative estimate of drug-likeness (QED) is 0.810. The van der Waals surface area contributed by atoms with Gasteiger partial charge in [-0.15, -0.1) is 0 Å². The first-order chi connectivity index (χ1) is 13.0. The summed E-state index contributed by atoms with van der Waals surface area (Å²) in [6, 6.07) is 11.4. The lowest BCUT2D eigenvalue weighted by molar-refractivity contribution is -0.132. The molecule has 1 aromatic heterocycles. The first-order valence-corrected chi connectivity index (χ1v) is 8.87. The standard InChI is InChI=1S/C20H21N3O4/c24-18(15-8-9-21-17(13-15)20(26)27)22-16(12-14-6-2-1-3-7-14)19(25)23-10-4-5-11-23/h1-3,6-9,13,16H,4-5,10-12H2,(H,22,24)(H,26,27). The van der Waals surface area contributed by atoms with Gasteiger partial charge < -0.3 is 15.3 Å². The Hall–Kier alpha value is -3.22. The molecule has 1 fully saturated rings. The van der Waals surface area contributed by atoms with Crippen LogP contribution in [0.4, 0.5) is 0 Å². The van der Waals surface area contributed by atoms with Crippen molar-refractivity contribution in [3.05, 3.63) is 65.5 Å². The molecular formula is C20H21N3O4. The third-order valence-corrected chi connectivity index (χ3v) is 4.55. The second-order valence-corrected chi connectivity index (χ2v) is 6.48. The topological polar surface area (TPSA) is 99.6 Å². The monoisotopic (exact) mass is 367 g/mol. The number of nitrogens with one attached hydrogen (secondary N) is 1. The molecule has 140 valence electrons. The fourth-order valence-corrected chi connectivity index (χ4v) is 3.14. The number of carboxylic acid groups (broad SMARTS) is 1. The largest absolute Gasteiger partial charge is 0.477 e. The normalized spacial score (nSPS) is 14.6. The average molecular weight is 367 g/mol. The molecule has 1 aliphatic heterocycles. The zero-order valence-electron chi connectivity index (χ0n) is 14.8. The number of rotatable bonds is 6. The Morgan fingerprint density at radius 1 is 1.11 bits per heavy atom. The van der Waals surface area contributed by atoms with Gasteiger partial charge in [0.1, 0.15) is 11.7 Å². The summed E-state index contributed by atoms with van der Waals surface area (Å²) >= 11 is 0. The number of carbonyl (C=O) groups is 3. The van der Waals surface area contributed by atoms with Crippen molar-refractivity contribution in [1.82, 2.24) is 15.2 Å². The van der Waals surface area contributed by atoms with Gasteiger partial charge in [-0.25, -0.2) is 9.78 Å². The molecule has 2 aromatic rings.